The first-order chi connectivity index (χ1) is 2.89. The third-order valence-electron chi connectivity index (χ3n) is 0.427. The summed E-state index contributed by atoms with van der Waals surface area (Å²) in [5.41, 5.74) is 0. The van der Waals surface area contributed by atoms with Crippen LogP contribution >= 0.6 is 0 Å². The number of nitrogens with zero attached hydrogens (tertiary/aromatic N) is 3. The van der Waals surface area contributed by atoms with Gasteiger partial charge in [0.1, 0.15) is 5.10 Å². The van der Waals surface area contributed by atoms with E-state index in [0.29, 0.717) is 0 Å². The van der Waals surface area contributed by atoms with Crippen molar-refractivity contribution in [1.82, 2.24) is 10.4 Å². The second-order valence-corrected chi connectivity index (χ2v) is 0.940. The summed E-state index contributed by atoms with van der Waals surface area (Å²) in [6.45, 7) is 0. The Morgan fingerprint density at radius 2 is 2.67 bits per heavy atom. The third-order valence-corrected chi connectivity index (χ3v) is 0.427. The lowest BCUT2D eigenvalue weighted by Crippen LogP contribution is -2.22. The molecule has 1 aromatic heterocycles. The maximum absolute atomic E-state index is 4.39. The predicted octanol–water partition coefficient (Wildman–Crippen LogP) is -1.11. The molecule has 0 atom stereocenters. The second kappa shape index (κ2) is 1.04. The van der Waals surface area contributed by atoms with E-state index in [4.69, 9.17) is 0 Å². The Labute approximate surface area is 34.3 Å². The van der Waals surface area contributed by atoms with Crippen LogP contribution in [0.3, 0.4) is 0 Å². The predicted molar refractivity (Wildman–Crippen MR) is 15.5 cm³/mol. The Kier molecular flexibility index (Phi) is 0.567. The summed E-state index contributed by atoms with van der Waals surface area (Å²) >= 11 is 0. The smallest absolute Gasteiger partial charge is 0.102 e. The van der Waals surface area contributed by atoms with Gasteiger partial charge in [0.25, 0.3) is 5.27 Å². The summed E-state index contributed by atoms with van der Waals surface area (Å²) in [6, 6.07) is 0. The minimum Gasteiger partial charge on any atom is -0.102 e. The second-order valence-electron chi connectivity index (χ2n) is 0.940. The van der Waals surface area contributed by atoms with Crippen LogP contribution in [0.4, 0.5) is 0 Å². The van der Waals surface area contributed by atoms with E-state index in [-0.39, 0.29) is 0 Å². The zero-order chi connectivity index (χ0) is 4.41. The lowest BCUT2D eigenvalue weighted by atomic mass is 11.2. The van der Waals surface area contributed by atoms with Gasteiger partial charge in [-0.25, -0.2) is 0 Å². The number of aromatic nitrogens is 3. The maximum atomic E-state index is 4.39. The first-order valence-electron chi connectivity index (χ1n) is 1.53. The molecule has 0 N–H and O–H groups in total. The monoisotopic (exact) mass is 86.0 g/mol. The fourth-order valence-corrected chi connectivity index (χ4v) is 0.194. The van der Waals surface area contributed by atoms with Crippen LogP contribution in [-0.2, 0) is 7.05 Å². The van der Waals surface area contributed by atoms with E-state index in [9.17, 15) is 0 Å². The SMILES string of the molecule is C[n+]1cnno1. The van der Waals surface area contributed by atoms with Crippen LogP contribution in [0, 0.1) is 0 Å². The zero-order valence-electron chi connectivity index (χ0n) is 3.33. The van der Waals surface area contributed by atoms with Gasteiger partial charge in [-0.1, -0.05) is 4.74 Å². The van der Waals surface area contributed by atoms with Crippen molar-refractivity contribution in [2.24, 2.45) is 7.05 Å². The molecule has 0 spiro atoms. The van der Waals surface area contributed by atoms with Gasteiger partial charge in [0.05, 0.1) is 7.05 Å². The molecule has 6 heavy (non-hydrogen) atoms. The van der Waals surface area contributed by atoms with Crippen molar-refractivity contribution in [2.75, 3.05) is 0 Å². The van der Waals surface area contributed by atoms with Gasteiger partial charge in [-0.2, -0.15) is 0 Å². The Hall–Kier alpha value is -0.930. The van der Waals surface area contributed by atoms with Crippen molar-refractivity contribution in [3.8, 4) is 0 Å². The Morgan fingerprint density at radius 3 is 2.83 bits per heavy atom. The molecule has 32 valence electrons. The minimum absolute atomic E-state index is 1.40. The molecule has 1 aromatic rings. The largest absolute Gasteiger partial charge is 0.306 e. The highest BCUT2D eigenvalue weighted by Crippen LogP contribution is 1.49. The van der Waals surface area contributed by atoms with Crippen molar-refractivity contribution in [3.63, 3.8) is 0 Å². The van der Waals surface area contributed by atoms with Crippen LogP contribution in [0.2, 0.25) is 0 Å². The molecule has 0 bridgehead atoms. The molecule has 0 fully saturated rings. The average molecular weight is 86.1 g/mol. The number of aryl methyl sites for hydroxylation is 1. The number of rotatable bonds is 0. The van der Waals surface area contributed by atoms with Gasteiger partial charge in [0.15, 0.2) is 0 Å². The van der Waals surface area contributed by atoms with Crippen LogP contribution in [0.25, 0.3) is 0 Å². The molecule has 0 saturated carbocycles. The summed E-state index contributed by atoms with van der Waals surface area (Å²) in [4.78, 5) is 0. The molecule has 1 rings (SSSR count). The van der Waals surface area contributed by atoms with Gasteiger partial charge in [-0.05, 0) is 0 Å². The van der Waals surface area contributed by atoms with Gasteiger partial charge < -0.3 is 0 Å². The van der Waals surface area contributed by atoms with Crippen LogP contribution < -0.4 is 4.74 Å². The van der Waals surface area contributed by atoms with Crippen LogP contribution in [0.1, 0.15) is 0 Å². The van der Waals surface area contributed by atoms with Crippen LogP contribution in [0.15, 0.2) is 11.0 Å². The number of hydrogen-bond donors (Lipinski definition) is 0. The third kappa shape index (κ3) is 0.357. The molecule has 4 nitrogen and oxygen atoms in total. The lowest BCUT2D eigenvalue weighted by molar-refractivity contribution is -0.854. The minimum atomic E-state index is 1.40. The standard InChI is InChI=1S/C2H4N3O/c1-5-2-3-4-6-5/h2H,1H3/q+1. The summed E-state index contributed by atoms with van der Waals surface area (Å²) in [5, 5.41) is 6.53. The van der Waals surface area contributed by atoms with Crippen molar-refractivity contribution >= 4 is 0 Å². The van der Waals surface area contributed by atoms with Gasteiger partial charge in [-0.15, -0.1) is 4.63 Å². The summed E-state index contributed by atoms with van der Waals surface area (Å²) in [5.74, 6) is 0. The first-order valence-corrected chi connectivity index (χ1v) is 1.53. The zero-order valence-corrected chi connectivity index (χ0v) is 3.33. The molecule has 1 heterocycles. The van der Waals surface area contributed by atoms with E-state index in [0.717, 1.165) is 0 Å². The maximum Gasteiger partial charge on any atom is 0.306 e. The van der Waals surface area contributed by atoms with Crippen LogP contribution in [-0.4, -0.2) is 10.4 Å². The first kappa shape index (κ1) is 3.27. The van der Waals surface area contributed by atoms with Gasteiger partial charge in [0, 0.05) is 0 Å². The topological polar surface area (TPSA) is 42.8 Å². The van der Waals surface area contributed by atoms with E-state index in [2.05, 4.69) is 15.0 Å². The fraction of sp³-hybridized carbons (Fsp3) is 0.500. The van der Waals surface area contributed by atoms with Crippen molar-refractivity contribution < 1.29 is 9.37 Å². The van der Waals surface area contributed by atoms with Crippen LogP contribution in [0.5, 0.6) is 0 Å². The van der Waals surface area contributed by atoms with E-state index in [1.807, 2.05) is 0 Å². The molecule has 0 aromatic carbocycles. The lowest BCUT2D eigenvalue weighted by Gasteiger charge is -1.60. The molecule has 4 heteroatoms. The molecular formula is C2H4N3O+. The molecule has 0 aliphatic heterocycles. The van der Waals surface area contributed by atoms with E-state index in [1.54, 1.807) is 7.05 Å². The van der Waals surface area contributed by atoms with E-state index in [1.165, 1.54) is 11.1 Å². The molecular weight excluding hydrogens is 82.0 g/mol. The molecule has 0 aliphatic rings. The normalized spacial score (nSPS) is 8.83. The van der Waals surface area contributed by atoms with Crippen molar-refractivity contribution in [2.45, 2.75) is 0 Å². The van der Waals surface area contributed by atoms with Gasteiger partial charge in [-0.3, -0.25) is 0 Å². The molecule has 0 unspecified atom stereocenters. The summed E-state index contributed by atoms with van der Waals surface area (Å²) in [6.07, 6.45) is 1.47. The average Bonchev–Trinajstić information content (AvgIpc) is 1.86. The molecule has 0 aliphatic carbocycles. The quantitative estimate of drug-likeness (QED) is 0.376. The Morgan fingerprint density at radius 1 is 1.83 bits per heavy atom. The summed E-state index contributed by atoms with van der Waals surface area (Å²) in [7, 11) is 1.71. The highest BCUT2D eigenvalue weighted by Gasteiger charge is 1.88. The summed E-state index contributed by atoms with van der Waals surface area (Å²) < 4.78 is 5.79. The van der Waals surface area contributed by atoms with E-state index >= 15 is 0 Å². The van der Waals surface area contributed by atoms with Crippen molar-refractivity contribution in [3.05, 3.63) is 6.33 Å². The molecule has 0 radical (unpaired) electrons. The highest BCUT2D eigenvalue weighted by molar-refractivity contribution is 4.06. The fourth-order valence-electron chi connectivity index (χ4n) is 0.194. The number of hydrogen-bond acceptors (Lipinski definition) is 3. The molecule has 0 saturated heterocycles. The van der Waals surface area contributed by atoms with Gasteiger partial charge in [0.2, 0.25) is 0 Å². The Bertz CT molecular complexity index is 112. The Balaban J connectivity index is 3.05. The van der Waals surface area contributed by atoms with E-state index < -0.39 is 0 Å². The molecule has 0 amide bonds. The van der Waals surface area contributed by atoms with Crippen molar-refractivity contribution in [1.29, 1.82) is 0 Å². The highest BCUT2D eigenvalue weighted by atomic mass is 16.6. The van der Waals surface area contributed by atoms with Gasteiger partial charge >= 0.3 is 6.33 Å².